The van der Waals surface area contributed by atoms with Gasteiger partial charge in [-0.25, -0.2) is 4.39 Å². The third-order valence-corrected chi connectivity index (χ3v) is 8.53. The maximum Gasteiger partial charge on any atom is 0.191 e. The molecule has 0 saturated heterocycles. The van der Waals surface area contributed by atoms with E-state index < -0.39 is 0 Å². The minimum atomic E-state index is -0.390. The first-order chi connectivity index (χ1) is 10.5. The van der Waals surface area contributed by atoms with E-state index in [0.717, 1.165) is 44.1 Å². The fourth-order valence-electron chi connectivity index (χ4n) is 7.45. The number of aliphatic hydroxyl groups excluding tert-OH is 1. The van der Waals surface area contributed by atoms with E-state index in [4.69, 9.17) is 0 Å². The Labute approximate surface area is 131 Å². The van der Waals surface area contributed by atoms with Crippen molar-refractivity contribution >= 4 is 5.78 Å². The smallest absolute Gasteiger partial charge is 0.191 e. The van der Waals surface area contributed by atoms with Gasteiger partial charge in [-0.3, -0.25) is 4.79 Å². The normalized spacial score (nSPS) is 56.1. The molecule has 5 aliphatic carbocycles. The maximum atomic E-state index is 14.3. The second-order valence-electron chi connectivity index (χ2n) is 8.87. The van der Waals surface area contributed by atoms with Crippen LogP contribution >= 0.6 is 0 Å². The number of rotatable bonds is 0. The van der Waals surface area contributed by atoms with Crippen LogP contribution < -0.4 is 0 Å². The van der Waals surface area contributed by atoms with E-state index in [-0.39, 0.29) is 23.1 Å². The van der Waals surface area contributed by atoms with Gasteiger partial charge in [0.05, 0.1) is 6.10 Å². The van der Waals surface area contributed by atoms with E-state index in [9.17, 15) is 14.3 Å². The molecule has 3 unspecified atom stereocenters. The van der Waals surface area contributed by atoms with Gasteiger partial charge in [-0.2, -0.15) is 0 Å². The largest absolute Gasteiger partial charge is 0.393 e. The highest BCUT2D eigenvalue weighted by Crippen LogP contribution is 2.81. The Morgan fingerprint density at radius 3 is 2.86 bits per heavy atom. The zero-order valence-corrected chi connectivity index (χ0v) is 13.3. The molecule has 4 saturated carbocycles. The number of halogens is 1. The summed E-state index contributed by atoms with van der Waals surface area (Å²) in [5.74, 6) is 1.59. The SMILES string of the molecule is C[C@]12CCC3C4CCC(=O)C(F)=C4CCC3[C@@]13C[C@H]3C[C@H]2O. The summed E-state index contributed by atoms with van der Waals surface area (Å²) >= 11 is 0. The second-order valence-corrected chi connectivity index (χ2v) is 8.87. The van der Waals surface area contributed by atoms with Crippen molar-refractivity contribution in [2.24, 2.45) is 34.5 Å². The van der Waals surface area contributed by atoms with Crippen molar-refractivity contribution in [2.45, 2.75) is 64.4 Å². The van der Waals surface area contributed by atoms with Gasteiger partial charge in [0, 0.05) is 6.42 Å². The Morgan fingerprint density at radius 2 is 2.05 bits per heavy atom. The van der Waals surface area contributed by atoms with Crippen molar-refractivity contribution in [2.75, 3.05) is 0 Å². The highest BCUT2D eigenvalue weighted by Gasteiger charge is 2.77. The third kappa shape index (κ3) is 1.35. The molecule has 0 aromatic rings. The zero-order valence-electron chi connectivity index (χ0n) is 13.3. The lowest BCUT2D eigenvalue weighted by Crippen LogP contribution is -2.50. The van der Waals surface area contributed by atoms with E-state index in [2.05, 4.69) is 6.92 Å². The maximum absolute atomic E-state index is 14.3. The van der Waals surface area contributed by atoms with Gasteiger partial charge in [0.15, 0.2) is 11.6 Å². The number of hydrogen-bond donors (Lipinski definition) is 1. The Morgan fingerprint density at radius 1 is 1.23 bits per heavy atom. The van der Waals surface area contributed by atoms with Crippen LogP contribution in [0, 0.1) is 34.5 Å². The first kappa shape index (κ1) is 13.7. The first-order valence-corrected chi connectivity index (χ1v) is 9.09. The van der Waals surface area contributed by atoms with E-state index >= 15 is 0 Å². The van der Waals surface area contributed by atoms with E-state index in [1.165, 1.54) is 6.42 Å². The highest BCUT2D eigenvalue weighted by atomic mass is 19.1. The van der Waals surface area contributed by atoms with Crippen molar-refractivity contribution in [1.29, 1.82) is 0 Å². The summed E-state index contributed by atoms with van der Waals surface area (Å²) in [4.78, 5) is 11.7. The molecule has 0 aromatic carbocycles. The van der Waals surface area contributed by atoms with Crippen LogP contribution in [0.25, 0.3) is 0 Å². The van der Waals surface area contributed by atoms with Crippen LogP contribution in [-0.4, -0.2) is 17.0 Å². The molecule has 22 heavy (non-hydrogen) atoms. The van der Waals surface area contributed by atoms with Crippen LogP contribution in [0.15, 0.2) is 11.4 Å². The summed E-state index contributed by atoms with van der Waals surface area (Å²) < 4.78 is 14.3. The molecule has 5 rings (SSSR count). The molecule has 0 aromatic heterocycles. The lowest BCUT2D eigenvalue weighted by Gasteiger charge is -2.55. The molecule has 4 fully saturated rings. The number of allylic oxidation sites excluding steroid dienone is 1. The number of Topliss-reactive ketones (excluding diaryl/α,β-unsaturated/α-hetero) is 1. The monoisotopic (exact) mass is 304 g/mol. The standard InChI is InChI=1S/C19H25FO2/c1-18-7-6-12-11-3-5-15(21)17(20)13(11)2-4-14(12)19(18)9-10(19)8-16(18)22/h10-12,14,16,22H,2-9H2,1H3/t10-,11?,12?,14?,16-,18-,19+/m1/s1. The van der Waals surface area contributed by atoms with Crippen molar-refractivity contribution in [1.82, 2.24) is 0 Å². The Kier molecular flexibility index (Phi) is 2.51. The fraction of sp³-hybridized carbons (Fsp3) is 0.842. The number of carbonyl (C=O) groups excluding carboxylic acids is 1. The summed E-state index contributed by atoms with van der Waals surface area (Å²) in [7, 11) is 0. The molecule has 1 N–H and O–H groups in total. The lowest BCUT2D eigenvalue weighted by molar-refractivity contribution is -0.119. The lowest BCUT2D eigenvalue weighted by atomic mass is 9.49. The molecule has 0 aliphatic heterocycles. The molecule has 3 heteroatoms. The Balaban J connectivity index is 1.54. The van der Waals surface area contributed by atoms with Crippen molar-refractivity contribution in [3.8, 4) is 0 Å². The molecule has 1 spiro atoms. The van der Waals surface area contributed by atoms with Crippen LogP contribution in [0.4, 0.5) is 4.39 Å². The summed E-state index contributed by atoms with van der Waals surface area (Å²) in [5.41, 5.74) is 1.30. The third-order valence-electron chi connectivity index (χ3n) is 8.53. The van der Waals surface area contributed by atoms with Gasteiger partial charge < -0.3 is 5.11 Å². The summed E-state index contributed by atoms with van der Waals surface area (Å²) in [6.07, 6.45) is 7.43. The second kappa shape index (κ2) is 4.03. The number of hydrogen-bond acceptors (Lipinski definition) is 2. The average molecular weight is 304 g/mol. The van der Waals surface area contributed by atoms with Gasteiger partial charge >= 0.3 is 0 Å². The number of fused-ring (bicyclic) bond motifs is 3. The number of carbonyl (C=O) groups is 1. The van der Waals surface area contributed by atoms with Gasteiger partial charge in [-0.05, 0) is 85.0 Å². The predicted octanol–water partition coefficient (Wildman–Crippen LogP) is 3.79. The van der Waals surface area contributed by atoms with Crippen LogP contribution in [0.2, 0.25) is 0 Å². The van der Waals surface area contributed by atoms with Gasteiger partial charge in [-0.15, -0.1) is 0 Å². The molecule has 5 aliphatic rings. The van der Waals surface area contributed by atoms with Crippen LogP contribution in [0.5, 0.6) is 0 Å². The van der Waals surface area contributed by atoms with Gasteiger partial charge in [0.25, 0.3) is 0 Å². The van der Waals surface area contributed by atoms with Crippen molar-refractivity contribution < 1.29 is 14.3 Å². The number of ketones is 1. The van der Waals surface area contributed by atoms with E-state index in [0.29, 0.717) is 35.5 Å². The van der Waals surface area contributed by atoms with E-state index in [1.54, 1.807) is 0 Å². The highest BCUT2D eigenvalue weighted by molar-refractivity contribution is 5.95. The van der Waals surface area contributed by atoms with Crippen LogP contribution in [0.1, 0.15) is 58.3 Å². The fourth-order valence-corrected chi connectivity index (χ4v) is 7.45. The molecule has 0 bridgehead atoms. The molecule has 7 atom stereocenters. The molecule has 2 nitrogen and oxygen atoms in total. The minimum Gasteiger partial charge on any atom is -0.393 e. The topological polar surface area (TPSA) is 37.3 Å². The van der Waals surface area contributed by atoms with Crippen LogP contribution in [0.3, 0.4) is 0 Å². The first-order valence-electron chi connectivity index (χ1n) is 9.09. The molecule has 0 radical (unpaired) electrons. The van der Waals surface area contributed by atoms with Gasteiger partial charge in [0.1, 0.15) is 0 Å². The predicted molar refractivity (Wildman–Crippen MR) is 80.6 cm³/mol. The summed E-state index contributed by atoms with van der Waals surface area (Å²) in [6.45, 7) is 2.32. The summed E-state index contributed by atoms with van der Waals surface area (Å²) in [6, 6.07) is 0. The Bertz CT molecular complexity index is 596. The van der Waals surface area contributed by atoms with Crippen molar-refractivity contribution in [3.63, 3.8) is 0 Å². The zero-order chi connectivity index (χ0) is 15.3. The van der Waals surface area contributed by atoms with Gasteiger partial charge in [0.2, 0.25) is 0 Å². The molecular formula is C19H25FO2. The van der Waals surface area contributed by atoms with Crippen molar-refractivity contribution in [3.05, 3.63) is 11.4 Å². The molecule has 120 valence electrons. The number of aliphatic hydroxyl groups is 1. The minimum absolute atomic E-state index is 0.100. The molecule has 0 amide bonds. The summed E-state index contributed by atoms with van der Waals surface area (Å²) in [5, 5.41) is 10.6. The Hall–Kier alpha value is -0.700. The quantitative estimate of drug-likeness (QED) is 0.739. The molecule has 0 heterocycles. The van der Waals surface area contributed by atoms with E-state index in [1.807, 2.05) is 0 Å². The van der Waals surface area contributed by atoms with Gasteiger partial charge in [-0.1, -0.05) is 6.92 Å². The average Bonchev–Trinajstić information content (AvgIpc) is 3.16. The molecular weight excluding hydrogens is 279 g/mol. The van der Waals surface area contributed by atoms with Crippen LogP contribution in [-0.2, 0) is 4.79 Å².